The summed E-state index contributed by atoms with van der Waals surface area (Å²) in [5, 5.41) is 8.87. The molecule has 0 radical (unpaired) electrons. The van der Waals surface area contributed by atoms with Gasteiger partial charge < -0.3 is 14.9 Å². The van der Waals surface area contributed by atoms with Crippen molar-refractivity contribution >= 4 is 11.9 Å². The predicted molar refractivity (Wildman–Crippen MR) is 57.9 cm³/mol. The summed E-state index contributed by atoms with van der Waals surface area (Å²) in [6.07, 6.45) is 1.51. The Hall–Kier alpha value is -1.10. The molecule has 5 nitrogen and oxygen atoms in total. The van der Waals surface area contributed by atoms with E-state index in [0.717, 1.165) is 19.5 Å². The van der Waals surface area contributed by atoms with Crippen LogP contribution in [0.15, 0.2) is 0 Å². The highest BCUT2D eigenvalue weighted by Crippen LogP contribution is 2.22. The predicted octanol–water partition coefficient (Wildman–Crippen LogP) is -0.129. The van der Waals surface area contributed by atoms with E-state index in [-0.39, 0.29) is 17.7 Å². The molecule has 2 unspecified atom stereocenters. The first-order chi connectivity index (χ1) is 7.58. The summed E-state index contributed by atoms with van der Waals surface area (Å²) in [6, 6.07) is 0. The molecular weight excluding hydrogens is 208 g/mol. The average molecular weight is 226 g/mol. The standard InChI is InChI=1S/C11H18N2O3/c1-12-4-2-8(6-12)10(14)13-5-3-9(7-13)11(15)16/h8-9H,2-7H2,1H3,(H,15,16). The molecule has 2 rings (SSSR count). The molecule has 1 N–H and O–H groups in total. The topological polar surface area (TPSA) is 60.9 Å². The van der Waals surface area contributed by atoms with Gasteiger partial charge in [-0.05, 0) is 26.4 Å². The van der Waals surface area contributed by atoms with E-state index in [2.05, 4.69) is 4.90 Å². The van der Waals surface area contributed by atoms with Crippen molar-refractivity contribution < 1.29 is 14.7 Å². The van der Waals surface area contributed by atoms with Gasteiger partial charge in [-0.2, -0.15) is 0 Å². The summed E-state index contributed by atoms with van der Waals surface area (Å²) in [5.41, 5.74) is 0. The molecule has 2 fully saturated rings. The van der Waals surface area contributed by atoms with E-state index >= 15 is 0 Å². The molecule has 5 heteroatoms. The summed E-state index contributed by atoms with van der Waals surface area (Å²) in [4.78, 5) is 26.7. The third-order valence-electron chi connectivity index (χ3n) is 3.59. The van der Waals surface area contributed by atoms with Gasteiger partial charge in [-0.25, -0.2) is 0 Å². The minimum absolute atomic E-state index is 0.0811. The van der Waals surface area contributed by atoms with Crippen molar-refractivity contribution in [3.8, 4) is 0 Å². The SMILES string of the molecule is CN1CCC(C(=O)N2CCC(C(=O)O)C2)C1. The van der Waals surface area contributed by atoms with E-state index in [1.807, 2.05) is 7.05 Å². The molecule has 0 aromatic heterocycles. The fraction of sp³-hybridized carbons (Fsp3) is 0.818. The number of carbonyl (C=O) groups excluding carboxylic acids is 1. The highest BCUT2D eigenvalue weighted by atomic mass is 16.4. The van der Waals surface area contributed by atoms with E-state index in [1.54, 1.807) is 4.90 Å². The van der Waals surface area contributed by atoms with Gasteiger partial charge in [0.15, 0.2) is 0 Å². The number of carboxylic acid groups (broad SMARTS) is 1. The molecule has 0 saturated carbocycles. The largest absolute Gasteiger partial charge is 0.481 e. The molecule has 2 heterocycles. The summed E-state index contributed by atoms with van der Waals surface area (Å²) in [6.45, 7) is 2.78. The van der Waals surface area contributed by atoms with Crippen LogP contribution in [0.5, 0.6) is 0 Å². The van der Waals surface area contributed by atoms with Gasteiger partial charge in [0.2, 0.25) is 5.91 Å². The van der Waals surface area contributed by atoms with Crippen LogP contribution in [0.3, 0.4) is 0 Å². The van der Waals surface area contributed by atoms with Gasteiger partial charge in [-0.15, -0.1) is 0 Å². The van der Waals surface area contributed by atoms with Gasteiger partial charge in [0.05, 0.1) is 11.8 Å². The molecule has 2 saturated heterocycles. The minimum atomic E-state index is -0.779. The molecule has 16 heavy (non-hydrogen) atoms. The van der Waals surface area contributed by atoms with E-state index in [1.165, 1.54) is 0 Å². The lowest BCUT2D eigenvalue weighted by atomic mass is 10.1. The molecule has 90 valence electrons. The Bertz CT molecular complexity index is 306. The maximum absolute atomic E-state index is 12.1. The van der Waals surface area contributed by atoms with Crippen molar-refractivity contribution in [3.63, 3.8) is 0 Å². The van der Waals surface area contributed by atoms with Gasteiger partial charge in [-0.3, -0.25) is 9.59 Å². The lowest BCUT2D eigenvalue weighted by Crippen LogP contribution is -2.36. The highest BCUT2D eigenvalue weighted by molar-refractivity contribution is 5.81. The third kappa shape index (κ3) is 2.19. The van der Waals surface area contributed by atoms with Crippen LogP contribution in [0.25, 0.3) is 0 Å². The van der Waals surface area contributed by atoms with Crippen LogP contribution in [0.2, 0.25) is 0 Å². The number of carboxylic acids is 1. The van der Waals surface area contributed by atoms with E-state index < -0.39 is 5.97 Å². The maximum Gasteiger partial charge on any atom is 0.308 e. The molecule has 1 amide bonds. The molecule has 2 atom stereocenters. The Labute approximate surface area is 95.0 Å². The number of carbonyl (C=O) groups is 2. The zero-order valence-electron chi connectivity index (χ0n) is 9.56. The summed E-state index contributed by atoms with van der Waals surface area (Å²) in [5.74, 6) is -0.910. The fourth-order valence-corrected chi connectivity index (χ4v) is 2.56. The second kappa shape index (κ2) is 4.41. The molecular formula is C11H18N2O3. The Kier molecular flexibility index (Phi) is 3.14. The lowest BCUT2D eigenvalue weighted by Gasteiger charge is -2.20. The zero-order chi connectivity index (χ0) is 11.7. The van der Waals surface area contributed by atoms with Gasteiger partial charge in [0, 0.05) is 19.6 Å². The summed E-state index contributed by atoms with van der Waals surface area (Å²) in [7, 11) is 2.01. The second-order valence-corrected chi connectivity index (χ2v) is 4.86. The number of nitrogens with zero attached hydrogens (tertiary/aromatic N) is 2. The van der Waals surface area contributed by atoms with Crippen molar-refractivity contribution in [2.24, 2.45) is 11.8 Å². The highest BCUT2D eigenvalue weighted by Gasteiger charge is 2.35. The molecule has 0 spiro atoms. The Morgan fingerprint density at radius 1 is 1.12 bits per heavy atom. The Balaban J connectivity index is 1.89. The number of hydrogen-bond donors (Lipinski definition) is 1. The summed E-state index contributed by atoms with van der Waals surface area (Å²) < 4.78 is 0. The fourth-order valence-electron chi connectivity index (χ4n) is 2.56. The third-order valence-corrected chi connectivity index (χ3v) is 3.59. The van der Waals surface area contributed by atoms with Crippen LogP contribution >= 0.6 is 0 Å². The van der Waals surface area contributed by atoms with Crippen LogP contribution in [0, 0.1) is 11.8 Å². The molecule has 0 aromatic rings. The number of amides is 1. The molecule has 2 aliphatic heterocycles. The quantitative estimate of drug-likeness (QED) is 0.712. The number of aliphatic carboxylic acids is 1. The second-order valence-electron chi connectivity index (χ2n) is 4.86. The number of rotatable bonds is 2. The Morgan fingerprint density at radius 2 is 1.81 bits per heavy atom. The van der Waals surface area contributed by atoms with E-state index in [4.69, 9.17) is 5.11 Å². The average Bonchev–Trinajstić information content (AvgIpc) is 2.84. The van der Waals surface area contributed by atoms with Crippen LogP contribution in [0.1, 0.15) is 12.8 Å². The van der Waals surface area contributed by atoms with Gasteiger partial charge in [-0.1, -0.05) is 0 Å². The van der Waals surface area contributed by atoms with E-state index in [9.17, 15) is 9.59 Å². The monoisotopic (exact) mass is 226 g/mol. The van der Waals surface area contributed by atoms with Crippen molar-refractivity contribution in [2.45, 2.75) is 12.8 Å². The van der Waals surface area contributed by atoms with Gasteiger partial charge in [0.25, 0.3) is 0 Å². The van der Waals surface area contributed by atoms with Gasteiger partial charge in [0.1, 0.15) is 0 Å². The maximum atomic E-state index is 12.1. The smallest absolute Gasteiger partial charge is 0.308 e. The van der Waals surface area contributed by atoms with E-state index in [0.29, 0.717) is 19.5 Å². The van der Waals surface area contributed by atoms with Crippen LogP contribution in [0.4, 0.5) is 0 Å². The van der Waals surface area contributed by atoms with Crippen molar-refractivity contribution in [1.82, 2.24) is 9.80 Å². The molecule has 2 aliphatic rings. The normalized spacial score (nSPS) is 30.9. The number of hydrogen-bond acceptors (Lipinski definition) is 3. The van der Waals surface area contributed by atoms with Crippen molar-refractivity contribution in [2.75, 3.05) is 33.2 Å². The Morgan fingerprint density at radius 3 is 2.31 bits per heavy atom. The lowest BCUT2D eigenvalue weighted by molar-refractivity contribution is -0.141. The molecule has 0 aliphatic carbocycles. The summed E-state index contributed by atoms with van der Waals surface area (Å²) >= 11 is 0. The first-order valence-electron chi connectivity index (χ1n) is 5.78. The first-order valence-corrected chi connectivity index (χ1v) is 5.78. The zero-order valence-corrected chi connectivity index (χ0v) is 9.56. The molecule has 0 aromatic carbocycles. The van der Waals surface area contributed by atoms with Crippen LogP contribution in [-0.2, 0) is 9.59 Å². The van der Waals surface area contributed by atoms with Crippen molar-refractivity contribution in [1.29, 1.82) is 0 Å². The van der Waals surface area contributed by atoms with Crippen molar-refractivity contribution in [3.05, 3.63) is 0 Å². The van der Waals surface area contributed by atoms with Gasteiger partial charge >= 0.3 is 5.97 Å². The van der Waals surface area contributed by atoms with Crippen LogP contribution in [-0.4, -0.2) is 60.0 Å². The number of likely N-dealkylation sites (tertiary alicyclic amines) is 2. The first kappa shape index (κ1) is 11.4. The van der Waals surface area contributed by atoms with Crippen LogP contribution < -0.4 is 0 Å². The molecule has 0 bridgehead atoms. The minimum Gasteiger partial charge on any atom is -0.481 e.